The predicted octanol–water partition coefficient (Wildman–Crippen LogP) is 3.20. The first-order valence-electron chi connectivity index (χ1n) is 5.71. The molecule has 98 valence electrons. The summed E-state index contributed by atoms with van der Waals surface area (Å²) < 4.78 is 0. The summed E-state index contributed by atoms with van der Waals surface area (Å²) in [6.07, 6.45) is 2.16. The second-order valence-electron chi connectivity index (χ2n) is 4.24. The number of anilines is 1. The number of carbonyl (C=O) groups is 1. The number of thioether (sulfide) groups is 1. The first-order valence-corrected chi connectivity index (χ1v) is 7.62. The summed E-state index contributed by atoms with van der Waals surface area (Å²) >= 11 is 13.7. The van der Waals surface area contributed by atoms with E-state index in [4.69, 9.17) is 28.9 Å². The summed E-state index contributed by atoms with van der Waals surface area (Å²) in [7, 11) is 0. The van der Waals surface area contributed by atoms with Crippen LogP contribution in [-0.2, 0) is 0 Å². The minimum Gasteiger partial charge on any atom is -0.396 e. The fraction of sp³-hybridized carbons (Fsp3) is 0.417. The van der Waals surface area contributed by atoms with Crippen LogP contribution < -0.4 is 11.1 Å². The van der Waals surface area contributed by atoms with E-state index in [2.05, 4.69) is 5.32 Å². The molecule has 0 spiro atoms. The molecule has 1 aliphatic heterocycles. The standard InChI is InChI=1S/C12H14Cl2N2OS/c13-9-4-7(5-10(14)11(9)15)12(17)16-8-2-1-3-18-6-8/h4-5,8H,1-3,6,15H2,(H,16,17). The molecule has 0 radical (unpaired) electrons. The number of hydrogen-bond acceptors (Lipinski definition) is 3. The van der Waals surface area contributed by atoms with Crippen LogP contribution in [0.4, 0.5) is 5.69 Å². The molecule has 1 aromatic rings. The third kappa shape index (κ3) is 3.25. The highest BCUT2D eigenvalue weighted by atomic mass is 35.5. The van der Waals surface area contributed by atoms with E-state index in [1.54, 1.807) is 12.1 Å². The Morgan fingerprint density at radius 2 is 2.06 bits per heavy atom. The number of carbonyl (C=O) groups excluding carboxylic acids is 1. The normalized spacial score (nSPS) is 19.6. The van der Waals surface area contributed by atoms with Gasteiger partial charge < -0.3 is 11.1 Å². The van der Waals surface area contributed by atoms with Gasteiger partial charge in [-0.2, -0.15) is 11.8 Å². The van der Waals surface area contributed by atoms with Gasteiger partial charge in [0.25, 0.3) is 5.91 Å². The van der Waals surface area contributed by atoms with E-state index in [0.29, 0.717) is 21.3 Å². The van der Waals surface area contributed by atoms with Gasteiger partial charge in [0.15, 0.2) is 0 Å². The molecule has 0 bridgehead atoms. The Morgan fingerprint density at radius 1 is 1.39 bits per heavy atom. The molecule has 1 amide bonds. The van der Waals surface area contributed by atoms with Crippen LogP contribution in [0.1, 0.15) is 23.2 Å². The largest absolute Gasteiger partial charge is 0.396 e. The number of nitrogens with two attached hydrogens (primary N) is 1. The quantitative estimate of drug-likeness (QED) is 0.825. The Balaban J connectivity index is 2.08. The van der Waals surface area contributed by atoms with Crippen LogP contribution in [0.2, 0.25) is 10.0 Å². The number of hydrogen-bond donors (Lipinski definition) is 2. The zero-order valence-corrected chi connectivity index (χ0v) is 12.0. The zero-order chi connectivity index (χ0) is 13.1. The monoisotopic (exact) mass is 304 g/mol. The lowest BCUT2D eigenvalue weighted by molar-refractivity contribution is 0.0938. The average molecular weight is 305 g/mol. The topological polar surface area (TPSA) is 55.1 Å². The molecule has 3 N–H and O–H groups in total. The maximum Gasteiger partial charge on any atom is 0.251 e. The number of rotatable bonds is 2. The molecule has 1 aliphatic rings. The molecule has 0 aromatic heterocycles. The summed E-state index contributed by atoms with van der Waals surface area (Å²) in [4.78, 5) is 12.1. The molecule has 18 heavy (non-hydrogen) atoms. The van der Waals surface area contributed by atoms with E-state index >= 15 is 0 Å². The second-order valence-corrected chi connectivity index (χ2v) is 6.21. The van der Waals surface area contributed by atoms with Crippen LogP contribution in [0.25, 0.3) is 0 Å². The van der Waals surface area contributed by atoms with E-state index in [-0.39, 0.29) is 11.9 Å². The maximum absolute atomic E-state index is 12.1. The van der Waals surface area contributed by atoms with Crippen molar-refractivity contribution in [3.05, 3.63) is 27.7 Å². The van der Waals surface area contributed by atoms with Crippen LogP contribution >= 0.6 is 35.0 Å². The first-order chi connectivity index (χ1) is 8.58. The Labute approximate surface area is 120 Å². The van der Waals surface area contributed by atoms with Gasteiger partial charge in [0.1, 0.15) is 0 Å². The molecule has 6 heteroatoms. The lowest BCUT2D eigenvalue weighted by atomic mass is 10.1. The first kappa shape index (κ1) is 13.8. The van der Waals surface area contributed by atoms with Gasteiger partial charge in [0.05, 0.1) is 15.7 Å². The summed E-state index contributed by atoms with van der Waals surface area (Å²) in [6.45, 7) is 0. The van der Waals surface area contributed by atoms with Crippen LogP contribution in [0, 0.1) is 0 Å². The lowest BCUT2D eigenvalue weighted by Crippen LogP contribution is -2.38. The van der Waals surface area contributed by atoms with Crippen LogP contribution in [0.3, 0.4) is 0 Å². The van der Waals surface area contributed by atoms with E-state index in [0.717, 1.165) is 18.6 Å². The highest BCUT2D eigenvalue weighted by Crippen LogP contribution is 2.29. The van der Waals surface area contributed by atoms with E-state index in [9.17, 15) is 4.79 Å². The van der Waals surface area contributed by atoms with Crippen molar-refractivity contribution in [2.75, 3.05) is 17.2 Å². The molecule has 1 saturated heterocycles. The van der Waals surface area contributed by atoms with E-state index < -0.39 is 0 Å². The fourth-order valence-corrected chi connectivity index (χ4v) is 3.40. The molecular formula is C12H14Cl2N2OS. The number of halogens is 2. The maximum atomic E-state index is 12.1. The summed E-state index contributed by atoms with van der Waals surface area (Å²) in [5.74, 6) is 1.99. The van der Waals surface area contributed by atoms with Gasteiger partial charge in [-0.15, -0.1) is 0 Å². The van der Waals surface area contributed by atoms with Gasteiger partial charge in [-0.3, -0.25) is 4.79 Å². The van der Waals surface area contributed by atoms with Crippen molar-refractivity contribution in [2.45, 2.75) is 18.9 Å². The lowest BCUT2D eigenvalue weighted by Gasteiger charge is -2.22. The van der Waals surface area contributed by atoms with Crippen LogP contribution in [-0.4, -0.2) is 23.5 Å². The Kier molecular flexibility index (Phi) is 4.65. The number of nitrogen functional groups attached to an aromatic ring is 1. The van der Waals surface area contributed by atoms with Crippen LogP contribution in [0.15, 0.2) is 12.1 Å². The Hall–Kier alpha value is -0.580. The minimum atomic E-state index is -0.147. The molecule has 0 aliphatic carbocycles. The van der Waals surface area contributed by atoms with Gasteiger partial charge in [0.2, 0.25) is 0 Å². The van der Waals surface area contributed by atoms with Crippen molar-refractivity contribution in [2.24, 2.45) is 0 Å². The molecule has 1 heterocycles. The number of benzene rings is 1. The molecule has 2 rings (SSSR count). The average Bonchev–Trinajstić information content (AvgIpc) is 2.36. The molecule has 3 nitrogen and oxygen atoms in total. The highest BCUT2D eigenvalue weighted by molar-refractivity contribution is 7.99. The molecule has 1 fully saturated rings. The summed E-state index contributed by atoms with van der Waals surface area (Å²) in [5.41, 5.74) is 6.40. The molecular weight excluding hydrogens is 291 g/mol. The van der Waals surface area contributed by atoms with Crippen molar-refractivity contribution in [3.8, 4) is 0 Å². The third-order valence-corrected chi connectivity index (χ3v) is 4.68. The summed E-state index contributed by atoms with van der Waals surface area (Å²) in [6, 6.07) is 3.33. The van der Waals surface area contributed by atoms with Crippen molar-refractivity contribution in [1.82, 2.24) is 5.32 Å². The van der Waals surface area contributed by atoms with Crippen molar-refractivity contribution >= 4 is 46.6 Å². The van der Waals surface area contributed by atoms with Gasteiger partial charge in [0, 0.05) is 17.4 Å². The SMILES string of the molecule is Nc1c(Cl)cc(C(=O)NC2CCCSC2)cc1Cl. The van der Waals surface area contributed by atoms with Crippen molar-refractivity contribution in [1.29, 1.82) is 0 Å². The fourth-order valence-electron chi connectivity index (χ4n) is 1.84. The van der Waals surface area contributed by atoms with Gasteiger partial charge in [-0.25, -0.2) is 0 Å². The Bertz CT molecular complexity index is 438. The zero-order valence-electron chi connectivity index (χ0n) is 9.71. The van der Waals surface area contributed by atoms with E-state index in [1.165, 1.54) is 5.75 Å². The molecule has 1 unspecified atom stereocenters. The van der Waals surface area contributed by atoms with Crippen molar-refractivity contribution in [3.63, 3.8) is 0 Å². The third-order valence-electron chi connectivity index (χ3n) is 2.84. The molecule has 0 saturated carbocycles. The van der Waals surface area contributed by atoms with Gasteiger partial charge in [-0.1, -0.05) is 23.2 Å². The Morgan fingerprint density at radius 3 is 2.61 bits per heavy atom. The molecule has 1 aromatic carbocycles. The number of nitrogens with one attached hydrogen (secondary N) is 1. The molecule has 1 atom stereocenters. The second kappa shape index (κ2) is 6.04. The van der Waals surface area contributed by atoms with Crippen molar-refractivity contribution < 1.29 is 4.79 Å². The van der Waals surface area contributed by atoms with Gasteiger partial charge in [-0.05, 0) is 30.7 Å². The smallest absolute Gasteiger partial charge is 0.251 e. The predicted molar refractivity (Wildman–Crippen MR) is 78.7 cm³/mol. The van der Waals surface area contributed by atoms with E-state index in [1.807, 2.05) is 11.8 Å². The van der Waals surface area contributed by atoms with Gasteiger partial charge >= 0.3 is 0 Å². The summed E-state index contributed by atoms with van der Waals surface area (Å²) in [5, 5.41) is 3.61. The minimum absolute atomic E-state index is 0.147. The van der Waals surface area contributed by atoms with Crippen LogP contribution in [0.5, 0.6) is 0 Å². The highest BCUT2D eigenvalue weighted by Gasteiger charge is 2.18. The number of amides is 1.